The lowest BCUT2D eigenvalue weighted by atomic mass is 10.0. The average Bonchev–Trinajstić information content (AvgIpc) is 2.82. The number of thiazole rings is 1. The molecule has 0 saturated heterocycles. The molecule has 102 valence electrons. The van der Waals surface area contributed by atoms with Crippen molar-refractivity contribution >= 4 is 22.9 Å². The summed E-state index contributed by atoms with van der Waals surface area (Å²) >= 11 is 7.66. The molecule has 0 fully saturated rings. The van der Waals surface area contributed by atoms with Gasteiger partial charge in [-0.3, -0.25) is 0 Å². The van der Waals surface area contributed by atoms with E-state index in [0.29, 0.717) is 6.04 Å². The summed E-state index contributed by atoms with van der Waals surface area (Å²) in [6, 6.07) is 8.48. The average molecular weight is 295 g/mol. The van der Waals surface area contributed by atoms with Crippen molar-refractivity contribution in [3.05, 3.63) is 50.9 Å². The van der Waals surface area contributed by atoms with E-state index in [1.165, 1.54) is 10.6 Å². The van der Waals surface area contributed by atoms with Crippen molar-refractivity contribution in [1.82, 2.24) is 10.3 Å². The first-order valence-electron chi connectivity index (χ1n) is 6.59. The van der Waals surface area contributed by atoms with Crippen molar-refractivity contribution in [2.24, 2.45) is 0 Å². The Morgan fingerprint density at radius 1 is 1.32 bits per heavy atom. The van der Waals surface area contributed by atoms with Crippen LogP contribution >= 0.6 is 22.9 Å². The van der Waals surface area contributed by atoms with Crippen LogP contribution in [0.5, 0.6) is 0 Å². The first-order valence-corrected chi connectivity index (χ1v) is 7.84. The van der Waals surface area contributed by atoms with E-state index < -0.39 is 0 Å². The van der Waals surface area contributed by atoms with Crippen molar-refractivity contribution in [3.8, 4) is 0 Å². The molecular formula is C15H19ClN2S. The lowest BCUT2D eigenvalue weighted by molar-refractivity contribution is 0.522. The number of rotatable bonds is 6. The van der Waals surface area contributed by atoms with Gasteiger partial charge in [-0.15, -0.1) is 11.3 Å². The van der Waals surface area contributed by atoms with Crippen LogP contribution in [0.15, 0.2) is 29.6 Å². The minimum Gasteiger partial charge on any atom is -0.310 e. The lowest BCUT2D eigenvalue weighted by Gasteiger charge is -2.17. The highest BCUT2D eigenvalue weighted by atomic mass is 35.5. The Hall–Kier alpha value is -0.900. The molecule has 2 nitrogen and oxygen atoms in total. The van der Waals surface area contributed by atoms with Gasteiger partial charge in [0.15, 0.2) is 0 Å². The lowest BCUT2D eigenvalue weighted by Crippen LogP contribution is -2.23. The molecule has 19 heavy (non-hydrogen) atoms. The number of hydrogen-bond acceptors (Lipinski definition) is 3. The fraction of sp³-hybridized carbons (Fsp3) is 0.400. The van der Waals surface area contributed by atoms with Crippen LogP contribution in [-0.2, 0) is 6.42 Å². The molecule has 0 aliphatic heterocycles. The van der Waals surface area contributed by atoms with Gasteiger partial charge in [0.25, 0.3) is 0 Å². The number of hydrogen-bond donors (Lipinski definition) is 1. The van der Waals surface area contributed by atoms with Crippen LogP contribution in [-0.4, -0.2) is 11.5 Å². The van der Waals surface area contributed by atoms with Gasteiger partial charge in [-0.05, 0) is 31.0 Å². The van der Waals surface area contributed by atoms with E-state index in [-0.39, 0.29) is 0 Å². The smallest absolute Gasteiger partial charge is 0.0940 e. The number of aromatic nitrogens is 1. The van der Waals surface area contributed by atoms with Crippen LogP contribution in [0, 0.1) is 6.92 Å². The van der Waals surface area contributed by atoms with Gasteiger partial charge in [-0.2, -0.15) is 0 Å². The molecule has 1 N–H and O–H groups in total. The molecule has 1 atom stereocenters. The maximum Gasteiger partial charge on any atom is 0.0940 e. The molecule has 1 aromatic carbocycles. The highest BCUT2D eigenvalue weighted by Crippen LogP contribution is 2.19. The van der Waals surface area contributed by atoms with E-state index in [0.717, 1.165) is 30.1 Å². The van der Waals surface area contributed by atoms with Crippen molar-refractivity contribution in [1.29, 1.82) is 0 Å². The van der Waals surface area contributed by atoms with E-state index in [1.54, 1.807) is 11.3 Å². The second kappa shape index (κ2) is 7.04. The number of benzene rings is 1. The van der Waals surface area contributed by atoms with E-state index in [1.807, 2.05) is 19.1 Å². The molecule has 0 radical (unpaired) electrons. The molecule has 2 aromatic rings. The van der Waals surface area contributed by atoms with Crippen LogP contribution < -0.4 is 5.32 Å². The first kappa shape index (κ1) is 14.5. The Kier molecular flexibility index (Phi) is 5.37. The van der Waals surface area contributed by atoms with Gasteiger partial charge in [0.1, 0.15) is 0 Å². The van der Waals surface area contributed by atoms with Gasteiger partial charge < -0.3 is 5.32 Å². The van der Waals surface area contributed by atoms with E-state index in [2.05, 4.69) is 34.7 Å². The number of nitrogens with zero attached hydrogens (tertiary/aromatic N) is 1. The molecule has 0 saturated carbocycles. The summed E-state index contributed by atoms with van der Waals surface area (Å²) in [7, 11) is 0. The Bertz CT molecular complexity index is 507. The van der Waals surface area contributed by atoms with Gasteiger partial charge in [0.2, 0.25) is 0 Å². The summed E-state index contributed by atoms with van der Waals surface area (Å²) in [5.74, 6) is 0. The second-order valence-corrected chi connectivity index (χ2v) is 5.98. The molecule has 2 rings (SSSR count). The topological polar surface area (TPSA) is 24.9 Å². The fourth-order valence-corrected chi connectivity index (χ4v) is 2.97. The zero-order valence-corrected chi connectivity index (χ0v) is 12.9. The minimum atomic E-state index is 0.387. The van der Waals surface area contributed by atoms with Crippen molar-refractivity contribution < 1.29 is 0 Å². The third-order valence-corrected chi connectivity index (χ3v) is 4.36. The van der Waals surface area contributed by atoms with Gasteiger partial charge in [-0.25, -0.2) is 4.98 Å². The molecule has 0 bridgehead atoms. The van der Waals surface area contributed by atoms with Crippen LogP contribution in [0.4, 0.5) is 0 Å². The Balaban J connectivity index is 1.87. The normalized spacial score (nSPS) is 12.6. The molecule has 4 heteroatoms. The molecular weight excluding hydrogens is 276 g/mol. The van der Waals surface area contributed by atoms with Crippen LogP contribution in [0.2, 0.25) is 5.02 Å². The molecule has 1 heterocycles. The van der Waals surface area contributed by atoms with E-state index in [9.17, 15) is 0 Å². The Morgan fingerprint density at radius 3 is 2.63 bits per heavy atom. The monoisotopic (exact) mass is 294 g/mol. The third kappa shape index (κ3) is 4.30. The van der Waals surface area contributed by atoms with Crippen molar-refractivity contribution in [3.63, 3.8) is 0 Å². The molecule has 1 aromatic heterocycles. The maximum atomic E-state index is 5.92. The SMILES string of the molecule is CCC(NCCc1nc(C)cs1)c1ccc(Cl)cc1. The first-order chi connectivity index (χ1) is 9.19. The minimum absolute atomic E-state index is 0.387. The maximum absolute atomic E-state index is 5.92. The molecule has 0 aliphatic rings. The second-order valence-electron chi connectivity index (χ2n) is 4.60. The standard InChI is InChI=1S/C15H19ClN2S/c1-3-14(12-4-6-13(16)7-5-12)17-9-8-15-18-11(2)10-19-15/h4-7,10,14,17H,3,8-9H2,1-2H3. The predicted octanol–water partition coefficient (Wildman–Crippen LogP) is 4.39. The van der Waals surface area contributed by atoms with Gasteiger partial charge >= 0.3 is 0 Å². The Labute approximate surface area is 123 Å². The highest BCUT2D eigenvalue weighted by molar-refractivity contribution is 7.09. The largest absolute Gasteiger partial charge is 0.310 e. The van der Waals surface area contributed by atoms with Crippen molar-refractivity contribution in [2.75, 3.05) is 6.54 Å². The van der Waals surface area contributed by atoms with Gasteiger partial charge in [-0.1, -0.05) is 30.7 Å². The highest BCUT2D eigenvalue weighted by Gasteiger charge is 2.08. The summed E-state index contributed by atoms with van der Waals surface area (Å²) in [5, 5.41) is 7.68. The number of nitrogens with one attached hydrogen (secondary N) is 1. The number of aryl methyl sites for hydroxylation is 1. The molecule has 1 unspecified atom stereocenters. The summed E-state index contributed by atoms with van der Waals surface area (Å²) in [6.45, 7) is 5.18. The van der Waals surface area contributed by atoms with Crippen LogP contribution in [0.1, 0.15) is 35.7 Å². The van der Waals surface area contributed by atoms with Crippen LogP contribution in [0.3, 0.4) is 0 Å². The summed E-state index contributed by atoms with van der Waals surface area (Å²) < 4.78 is 0. The van der Waals surface area contributed by atoms with Crippen LogP contribution in [0.25, 0.3) is 0 Å². The van der Waals surface area contributed by atoms with E-state index >= 15 is 0 Å². The summed E-state index contributed by atoms with van der Waals surface area (Å²) in [6.07, 6.45) is 2.06. The summed E-state index contributed by atoms with van der Waals surface area (Å²) in [4.78, 5) is 4.48. The third-order valence-electron chi connectivity index (χ3n) is 3.08. The van der Waals surface area contributed by atoms with Gasteiger partial charge in [0.05, 0.1) is 5.01 Å². The summed E-state index contributed by atoms with van der Waals surface area (Å²) in [5.41, 5.74) is 2.41. The van der Waals surface area contributed by atoms with Crippen molar-refractivity contribution in [2.45, 2.75) is 32.7 Å². The zero-order valence-electron chi connectivity index (χ0n) is 11.3. The zero-order chi connectivity index (χ0) is 13.7. The quantitative estimate of drug-likeness (QED) is 0.855. The molecule has 0 amide bonds. The Morgan fingerprint density at radius 2 is 2.05 bits per heavy atom. The molecule has 0 aliphatic carbocycles. The van der Waals surface area contributed by atoms with E-state index in [4.69, 9.17) is 11.6 Å². The molecule has 0 spiro atoms. The fourth-order valence-electron chi connectivity index (χ4n) is 2.06. The van der Waals surface area contributed by atoms with Gasteiger partial charge in [0, 0.05) is 35.1 Å². The number of halogens is 1. The predicted molar refractivity (Wildman–Crippen MR) is 83.0 cm³/mol.